The van der Waals surface area contributed by atoms with Gasteiger partial charge in [-0.2, -0.15) is 0 Å². The molecule has 0 aliphatic carbocycles. The summed E-state index contributed by atoms with van der Waals surface area (Å²) in [5, 5.41) is 13.4. The van der Waals surface area contributed by atoms with Crippen LogP contribution < -0.4 is 5.32 Å². The lowest BCUT2D eigenvalue weighted by atomic mass is 10.2. The first-order valence-corrected chi connectivity index (χ1v) is 6.79. The van der Waals surface area contributed by atoms with Gasteiger partial charge in [0, 0.05) is 6.54 Å². The van der Waals surface area contributed by atoms with Crippen LogP contribution in [0.5, 0.6) is 0 Å². The van der Waals surface area contributed by atoms with E-state index in [1.165, 1.54) is 28.6 Å². The lowest BCUT2D eigenvalue weighted by Gasteiger charge is -2.08. The normalized spacial score (nSPS) is 10.5. The van der Waals surface area contributed by atoms with Gasteiger partial charge in [-0.15, -0.1) is 11.8 Å². The first-order valence-electron chi connectivity index (χ1n) is 5.57. The fourth-order valence-corrected chi connectivity index (χ4v) is 2.21. The van der Waals surface area contributed by atoms with E-state index >= 15 is 0 Å². The van der Waals surface area contributed by atoms with Crippen molar-refractivity contribution in [3.05, 3.63) is 29.6 Å². The van der Waals surface area contributed by atoms with Gasteiger partial charge in [-0.25, -0.2) is 9.07 Å². The molecule has 1 heterocycles. The third-order valence-corrected chi connectivity index (χ3v) is 3.30. The zero-order chi connectivity index (χ0) is 13.8. The average molecular weight is 281 g/mol. The summed E-state index contributed by atoms with van der Waals surface area (Å²) in [6.45, 7) is 2.38. The topological polar surface area (TPSA) is 72.7 Å². The van der Waals surface area contributed by atoms with Gasteiger partial charge < -0.3 is 0 Å². The van der Waals surface area contributed by atoms with Gasteiger partial charge in [0.05, 0.1) is 10.5 Å². The van der Waals surface area contributed by atoms with Crippen molar-refractivity contribution in [2.45, 2.75) is 18.4 Å². The maximum absolute atomic E-state index is 13.6. The second-order valence-corrected chi connectivity index (χ2v) is 4.41. The highest BCUT2D eigenvalue weighted by Gasteiger charge is 2.16. The predicted octanol–water partition coefficient (Wildman–Crippen LogP) is 1.81. The van der Waals surface area contributed by atoms with Gasteiger partial charge in [-0.1, -0.05) is 11.2 Å². The standard InChI is InChI=1S/C11H12FN5OS/c1-3-17-11(14-15-16-17)13-10(18)7-5-4-6-8(12)9(7)19-2/h4-6H,3H2,1-2H3,(H,13,14,16,18). The summed E-state index contributed by atoms with van der Waals surface area (Å²) < 4.78 is 15.0. The molecule has 0 aliphatic rings. The quantitative estimate of drug-likeness (QED) is 0.865. The van der Waals surface area contributed by atoms with Crippen molar-refractivity contribution < 1.29 is 9.18 Å². The summed E-state index contributed by atoms with van der Waals surface area (Å²) in [6.07, 6.45) is 1.71. The van der Waals surface area contributed by atoms with Crippen LogP contribution in [-0.4, -0.2) is 32.4 Å². The van der Waals surface area contributed by atoms with Gasteiger partial charge in [0.2, 0.25) is 5.95 Å². The number of halogens is 1. The Morgan fingerprint density at radius 3 is 3.00 bits per heavy atom. The SMILES string of the molecule is CCn1nnnc1NC(=O)c1cccc(F)c1SC. The van der Waals surface area contributed by atoms with Crippen LogP contribution in [0.15, 0.2) is 23.1 Å². The van der Waals surface area contributed by atoms with Crippen LogP contribution in [0, 0.1) is 5.82 Å². The minimum Gasteiger partial charge on any atom is -0.289 e. The van der Waals surface area contributed by atoms with E-state index in [1.54, 1.807) is 12.3 Å². The molecular weight excluding hydrogens is 269 g/mol. The van der Waals surface area contributed by atoms with Gasteiger partial charge >= 0.3 is 0 Å². The summed E-state index contributed by atoms with van der Waals surface area (Å²) in [7, 11) is 0. The molecule has 19 heavy (non-hydrogen) atoms. The number of tetrazole rings is 1. The number of carbonyl (C=O) groups excluding carboxylic acids is 1. The van der Waals surface area contributed by atoms with Gasteiger partial charge in [0.15, 0.2) is 0 Å². The molecule has 0 fully saturated rings. The molecule has 0 saturated heterocycles. The molecule has 1 N–H and O–H groups in total. The average Bonchev–Trinajstić information content (AvgIpc) is 2.85. The van der Waals surface area contributed by atoms with Crippen LogP contribution in [0.2, 0.25) is 0 Å². The molecule has 6 nitrogen and oxygen atoms in total. The summed E-state index contributed by atoms with van der Waals surface area (Å²) in [5.41, 5.74) is 0.262. The number of thioether (sulfide) groups is 1. The zero-order valence-electron chi connectivity index (χ0n) is 10.4. The molecule has 1 amide bonds. The van der Waals surface area contributed by atoms with Crippen molar-refractivity contribution >= 4 is 23.6 Å². The lowest BCUT2D eigenvalue weighted by Crippen LogP contribution is -2.17. The Balaban J connectivity index is 2.28. The fraction of sp³-hybridized carbons (Fsp3) is 0.273. The summed E-state index contributed by atoms with van der Waals surface area (Å²) in [4.78, 5) is 12.4. The van der Waals surface area contributed by atoms with E-state index < -0.39 is 11.7 Å². The number of nitrogens with one attached hydrogen (secondary N) is 1. The molecule has 0 saturated carbocycles. The number of aryl methyl sites for hydroxylation is 1. The molecule has 2 rings (SSSR count). The Kier molecular flexibility index (Phi) is 4.10. The Labute approximate surface area is 113 Å². The fourth-order valence-electron chi connectivity index (χ4n) is 1.57. The lowest BCUT2D eigenvalue weighted by molar-refractivity contribution is 0.102. The second-order valence-electron chi connectivity index (χ2n) is 3.59. The minimum atomic E-state index is -0.437. The van der Waals surface area contributed by atoms with Crippen LogP contribution in [0.3, 0.4) is 0 Å². The van der Waals surface area contributed by atoms with Crippen molar-refractivity contribution in [1.29, 1.82) is 0 Å². The molecule has 0 radical (unpaired) electrons. The number of hydrogen-bond donors (Lipinski definition) is 1. The van der Waals surface area contributed by atoms with Crippen LogP contribution in [-0.2, 0) is 6.54 Å². The maximum atomic E-state index is 13.6. The van der Waals surface area contributed by atoms with Crippen molar-refractivity contribution in [2.24, 2.45) is 0 Å². The first-order chi connectivity index (χ1) is 9.17. The third-order valence-electron chi connectivity index (χ3n) is 2.47. The predicted molar refractivity (Wildman–Crippen MR) is 69.6 cm³/mol. The number of hydrogen-bond acceptors (Lipinski definition) is 5. The van der Waals surface area contributed by atoms with Crippen LogP contribution in [0.4, 0.5) is 10.3 Å². The molecule has 0 bridgehead atoms. The van der Waals surface area contributed by atoms with E-state index in [0.717, 1.165) is 0 Å². The molecule has 1 aromatic carbocycles. The Hall–Kier alpha value is -1.96. The summed E-state index contributed by atoms with van der Waals surface area (Å²) in [5.74, 6) is -0.618. The highest BCUT2D eigenvalue weighted by atomic mass is 32.2. The number of rotatable bonds is 4. The molecule has 2 aromatic rings. The number of aromatic nitrogens is 4. The van der Waals surface area contributed by atoms with E-state index in [0.29, 0.717) is 11.4 Å². The molecule has 0 spiro atoms. The molecule has 8 heteroatoms. The van der Waals surface area contributed by atoms with Crippen LogP contribution in [0.25, 0.3) is 0 Å². The molecule has 0 atom stereocenters. The first kappa shape index (κ1) is 13.5. The summed E-state index contributed by atoms with van der Waals surface area (Å²) in [6, 6.07) is 4.37. The van der Waals surface area contributed by atoms with Crippen LogP contribution in [0.1, 0.15) is 17.3 Å². The number of nitrogens with zero attached hydrogens (tertiary/aromatic N) is 4. The number of anilines is 1. The number of amides is 1. The maximum Gasteiger partial charge on any atom is 0.259 e. The molecule has 0 aliphatic heterocycles. The second kappa shape index (κ2) is 5.79. The smallest absolute Gasteiger partial charge is 0.259 e. The third kappa shape index (κ3) is 2.73. The highest BCUT2D eigenvalue weighted by molar-refractivity contribution is 7.98. The van der Waals surface area contributed by atoms with E-state index in [1.807, 2.05) is 6.92 Å². The van der Waals surface area contributed by atoms with E-state index in [4.69, 9.17) is 0 Å². The van der Waals surface area contributed by atoms with Crippen LogP contribution >= 0.6 is 11.8 Å². The Bertz CT molecular complexity index is 601. The molecular formula is C11H12FN5OS. The largest absolute Gasteiger partial charge is 0.289 e. The monoisotopic (exact) mass is 281 g/mol. The number of carbonyl (C=O) groups is 1. The van der Waals surface area contributed by atoms with Crippen molar-refractivity contribution in [2.75, 3.05) is 11.6 Å². The van der Waals surface area contributed by atoms with Gasteiger partial charge in [-0.05, 0) is 35.7 Å². The Morgan fingerprint density at radius 2 is 2.32 bits per heavy atom. The van der Waals surface area contributed by atoms with Gasteiger partial charge in [0.1, 0.15) is 5.82 Å². The number of benzene rings is 1. The van der Waals surface area contributed by atoms with Crippen molar-refractivity contribution in [3.63, 3.8) is 0 Å². The van der Waals surface area contributed by atoms with Crippen molar-refractivity contribution in [1.82, 2.24) is 20.2 Å². The summed E-state index contributed by atoms with van der Waals surface area (Å²) >= 11 is 1.18. The molecule has 1 aromatic heterocycles. The minimum absolute atomic E-state index is 0.240. The van der Waals surface area contributed by atoms with Crippen molar-refractivity contribution in [3.8, 4) is 0 Å². The van der Waals surface area contributed by atoms with Gasteiger partial charge in [-0.3, -0.25) is 10.1 Å². The van der Waals surface area contributed by atoms with E-state index in [-0.39, 0.29) is 11.5 Å². The van der Waals surface area contributed by atoms with E-state index in [2.05, 4.69) is 20.8 Å². The molecule has 100 valence electrons. The molecule has 0 unspecified atom stereocenters. The van der Waals surface area contributed by atoms with Gasteiger partial charge in [0.25, 0.3) is 5.91 Å². The Morgan fingerprint density at radius 1 is 1.53 bits per heavy atom. The van der Waals surface area contributed by atoms with E-state index in [9.17, 15) is 9.18 Å². The highest BCUT2D eigenvalue weighted by Crippen LogP contribution is 2.24. The zero-order valence-corrected chi connectivity index (χ0v) is 11.2.